The number of ether oxygens (including phenoxy) is 2. The van der Waals surface area contributed by atoms with Crippen LogP contribution in [0.3, 0.4) is 0 Å². The van der Waals surface area contributed by atoms with Crippen LogP contribution in [0.1, 0.15) is 25.2 Å². The van der Waals surface area contributed by atoms with Crippen molar-refractivity contribution in [3.05, 3.63) is 58.9 Å². The van der Waals surface area contributed by atoms with Gasteiger partial charge in [0.15, 0.2) is 23.9 Å². The van der Waals surface area contributed by atoms with Crippen molar-refractivity contribution >= 4 is 17.5 Å². The smallest absolute Gasteiger partial charge is 0.258 e. The molecule has 1 aromatic heterocycles. The second kappa shape index (κ2) is 7.71. The van der Waals surface area contributed by atoms with Crippen LogP contribution in [-0.2, 0) is 17.8 Å². The number of nitrogens with one attached hydrogen (secondary N) is 1. The molecule has 3 aromatic rings. The van der Waals surface area contributed by atoms with Crippen LogP contribution < -0.4 is 14.8 Å². The van der Waals surface area contributed by atoms with Gasteiger partial charge in [-0.1, -0.05) is 23.7 Å². The number of tetrazole rings is 1. The monoisotopic (exact) mass is 413 g/mol. The van der Waals surface area contributed by atoms with E-state index in [2.05, 4.69) is 20.8 Å². The third-order valence-corrected chi connectivity index (χ3v) is 4.71. The lowest BCUT2D eigenvalue weighted by molar-refractivity contribution is -0.123. The predicted molar refractivity (Wildman–Crippen MR) is 106 cm³/mol. The minimum absolute atomic E-state index is 0.136. The van der Waals surface area contributed by atoms with Crippen molar-refractivity contribution in [2.45, 2.75) is 32.4 Å². The Morgan fingerprint density at radius 1 is 1.28 bits per heavy atom. The summed E-state index contributed by atoms with van der Waals surface area (Å²) in [6.45, 7) is 4.07. The van der Waals surface area contributed by atoms with Crippen LogP contribution in [0.4, 0.5) is 0 Å². The van der Waals surface area contributed by atoms with Gasteiger partial charge in [0, 0.05) is 17.0 Å². The molecule has 0 bridgehead atoms. The molecule has 2 heterocycles. The number of rotatable bonds is 6. The summed E-state index contributed by atoms with van der Waals surface area (Å²) in [5, 5.41) is 15.0. The van der Waals surface area contributed by atoms with E-state index in [0.29, 0.717) is 22.3 Å². The lowest BCUT2D eigenvalue weighted by atomic mass is 10.0. The molecule has 1 aliphatic rings. The molecule has 0 radical (unpaired) electrons. The molecule has 2 aromatic carbocycles. The fraction of sp³-hybridized carbons (Fsp3) is 0.300. The van der Waals surface area contributed by atoms with Crippen LogP contribution >= 0.6 is 11.6 Å². The minimum atomic E-state index is -0.287. The van der Waals surface area contributed by atoms with E-state index in [1.54, 1.807) is 30.3 Å². The van der Waals surface area contributed by atoms with E-state index in [9.17, 15) is 4.79 Å². The van der Waals surface area contributed by atoms with E-state index in [-0.39, 0.29) is 24.7 Å². The summed E-state index contributed by atoms with van der Waals surface area (Å²) in [5.41, 5.74) is 1.55. The number of amides is 1. The van der Waals surface area contributed by atoms with Crippen LogP contribution in [0.5, 0.6) is 11.5 Å². The minimum Gasteiger partial charge on any atom is -0.483 e. The Balaban J connectivity index is 1.35. The van der Waals surface area contributed by atoms with Gasteiger partial charge >= 0.3 is 0 Å². The molecule has 0 saturated carbocycles. The Labute approximate surface area is 172 Å². The SMILES string of the molecule is CC1(C)Cc2cccc(OCC(=O)NCc3nnnn3-c3ccc(Cl)cc3)c2O1. The highest BCUT2D eigenvalue weighted by Gasteiger charge is 2.32. The Morgan fingerprint density at radius 3 is 2.86 bits per heavy atom. The topological polar surface area (TPSA) is 91.2 Å². The maximum atomic E-state index is 12.3. The Morgan fingerprint density at radius 2 is 2.07 bits per heavy atom. The first-order valence-corrected chi connectivity index (χ1v) is 9.53. The van der Waals surface area contributed by atoms with Crippen LogP contribution in [0, 0.1) is 0 Å². The molecule has 0 unspecified atom stereocenters. The number of hydrogen-bond acceptors (Lipinski definition) is 6. The lowest BCUT2D eigenvalue weighted by Gasteiger charge is -2.18. The molecule has 8 nitrogen and oxygen atoms in total. The number of fused-ring (bicyclic) bond motifs is 1. The summed E-state index contributed by atoms with van der Waals surface area (Å²) in [4.78, 5) is 12.3. The number of carbonyl (C=O) groups excluding carboxylic acids is 1. The first-order valence-electron chi connectivity index (χ1n) is 9.15. The second-order valence-corrected chi connectivity index (χ2v) is 7.77. The van der Waals surface area contributed by atoms with Crippen molar-refractivity contribution in [2.75, 3.05) is 6.61 Å². The molecule has 29 heavy (non-hydrogen) atoms. The zero-order valence-corrected chi connectivity index (χ0v) is 16.8. The summed E-state index contributed by atoms with van der Waals surface area (Å²) >= 11 is 5.91. The molecule has 0 spiro atoms. The van der Waals surface area contributed by atoms with Crippen molar-refractivity contribution in [3.8, 4) is 17.2 Å². The summed E-state index contributed by atoms with van der Waals surface area (Å²) < 4.78 is 13.2. The van der Waals surface area contributed by atoms with Gasteiger partial charge in [0.25, 0.3) is 5.91 Å². The zero-order chi connectivity index (χ0) is 20.4. The first kappa shape index (κ1) is 19.2. The standard InChI is InChI=1S/C20H20ClN5O3/c1-20(2)10-13-4-3-5-16(19(13)29-20)28-12-18(27)22-11-17-23-24-25-26(17)15-8-6-14(21)7-9-15/h3-9H,10-12H2,1-2H3,(H,22,27). The van der Waals surface area contributed by atoms with E-state index >= 15 is 0 Å². The predicted octanol–water partition coefficient (Wildman–Crippen LogP) is 2.72. The molecular formula is C20H20ClN5O3. The number of halogens is 1. The number of benzene rings is 2. The maximum absolute atomic E-state index is 12.3. The molecule has 4 rings (SSSR count). The first-order chi connectivity index (χ1) is 13.9. The van der Waals surface area contributed by atoms with Gasteiger partial charge in [-0.15, -0.1) is 5.10 Å². The number of nitrogens with zero attached hydrogens (tertiary/aromatic N) is 4. The van der Waals surface area contributed by atoms with E-state index in [1.807, 2.05) is 26.0 Å². The Hall–Kier alpha value is -3.13. The number of aromatic nitrogens is 4. The van der Waals surface area contributed by atoms with Crippen LogP contribution in [0.15, 0.2) is 42.5 Å². The van der Waals surface area contributed by atoms with Crippen LogP contribution in [-0.4, -0.2) is 38.3 Å². The molecule has 0 aliphatic carbocycles. The van der Waals surface area contributed by atoms with E-state index in [4.69, 9.17) is 21.1 Å². The molecule has 9 heteroatoms. The second-order valence-electron chi connectivity index (χ2n) is 7.33. The molecular weight excluding hydrogens is 394 g/mol. The molecule has 1 N–H and O–H groups in total. The van der Waals surface area contributed by atoms with Gasteiger partial charge in [-0.25, -0.2) is 0 Å². The van der Waals surface area contributed by atoms with E-state index in [0.717, 1.165) is 17.7 Å². The van der Waals surface area contributed by atoms with Crippen molar-refractivity contribution in [2.24, 2.45) is 0 Å². The molecule has 1 amide bonds. The number of hydrogen-bond donors (Lipinski definition) is 1. The van der Waals surface area contributed by atoms with Crippen molar-refractivity contribution < 1.29 is 14.3 Å². The van der Waals surface area contributed by atoms with Crippen molar-refractivity contribution in [3.63, 3.8) is 0 Å². The summed E-state index contributed by atoms with van der Waals surface area (Å²) in [6, 6.07) is 12.8. The average Bonchev–Trinajstić information content (AvgIpc) is 3.28. The van der Waals surface area contributed by atoms with E-state index in [1.165, 1.54) is 4.68 Å². The summed E-state index contributed by atoms with van der Waals surface area (Å²) in [6.07, 6.45) is 0.805. The van der Waals surface area contributed by atoms with Gasteiger partial charge in [0.2, 0.25) is 0 Å². The molecule has 0 fully saturated rings. The molecule has 0 saturated heterocycles. The zero-order valence-electron chi connectivity index (χ0n) is 16.1. The number of para-hydroxylation sites is 1. The Kier molecular flexibility index (Phi) is 5.10. The highest BCUT2D eigenvalue weighted by Crippen LogP contribution is 2.41. The van der Waals surface area contributed by atoms with Gasteiger partial charge in [-0.2, -0.15) is 4.68 Å². The summed E-state index contributed by atoms with van der Waals surface area (Å²) in [7, 11) is 0. The molecule has 1 aliphatic heterocycles. The fourth-order valence-electron chi connectivity index (χ4n) is 3.17. The number of carbonyl (C=O) groups is 1. The summed E-state index contributed by atoms with van der Waals surface area (Å²) in [5.74, 6) is 1.48. The van der Waals surface area contributed by atoms with Crippen LogP contribution in [0.2, 0.25) is 5.02 Å². The highest BCUT2D eigenvalue weighted by atomic mass is 35.5. The van der Waals surface area contributed by atoms with E-state index < -0.39 is 0 Å². The maximum Gasteiger partial charge on any atom is 0.258 e. The lowest BCUT2D eigenvalue weighted by Crippen LogP contribution is -2.29. The third kappa shape index (κ3) is 4.32. The van der Waals surface area contributed by atoms with Crippen molar-refractivity contribution in [1.29, 1.82) is 0 Å². The average molecular weight is 414 g/mol. The van der Waals surface area contributed by atoms with Gasteiger partial charge < -0.3 is 14.8 Å². The normalized spacial score (nSPS) is 14.2. The quantitative estimate of drug-likeness (QED) is 0.668. The van der Waals surface area contributed by atoms with Gasteiger partial charge in [-0.05, 0) is 54.6 Å². The van der Waals surface area contributed by atoms with Gasteiger partial charge in [0.1, 0.15) is 5.60 Å². The van der Waals surface area contributed by atoms with Gasteiger partial charge in [-0.3, -0.25) is 4.79 Å². The van der Waals surface area contributed by atoms with Gasteiger partial charge in [0.05, 0.1) is 12.2 Å². The third-order valence-electron chi connectivity index (χ3n) is 4.46. The fourth-order valence-corrected chi connectivity index (χ4v) is 3.30. The Bertz CT molecular complexity index is 1030. The van der Waals surface area contributed by atoms with Crippen molar-refractivity contribution in [1.82, 2.24) is 25.5 Å². The largest absolute Gasteiger partial charge is 0.483 e. The molecule has 150 valence electrons. The highest BCUT2D eigenvalue weighted by molar-refractivity contribution is 6.30. The van der Waals surface area contributed by atoms with Crippen LogP contribution in [0.25, 0.3) is 5.69 Å². The molecule has 0 atom stereocenters.